The SMILES string of the molecule is N#CCCCN1C2CCC1CC(Nc1ccc3[nH]ncc3c1)C2. The van der Waals surface area contributed by atoms with E-state index < -0.39 is 0 Å². The molecule has 2 fully saturated rings. The van der Waals surface area contributed by atoms with Crippen LogP contribution in [0.1, 0.15) is 38.5 Å². The number of unbranched alkanes of at least 4 members (excludes halogenated alkanes) is 1. The first-order valence-corrected chi connectivity index (χ1v) is 8.66. The van der Waals surface area contributed by atoms with Gasteiger partial charge in [0.15, 0.2) is 0 Å². The molecule has 2 aliphatic rings. The molecule has 120 valence electrons. The summed E-state index contributed by atoms with van der Waals surface area (Å²) in [6.45, 7) is 1.09. The smallest absolute Gasteiger partial charge is 0.0651 e. The van der Waals surface area contributed by atoms with Gasteiger partial charge < -0.3 is 5.32 Å². The van der Waals surface area contributed by atoms with Crippen molar-refractivity contribution in [3.8, 4) is 6.07 Å². The van der Waals surface area contributed by atoms with Gasteiger partial charge in [-0.1, -0.05) is 0 Å². The molecule has 5 nitrogen and oxygen atoms in total. The van der Waals surface area contributed by atoms with Crippen LogP contribution in [-0.2, 0) is 0 Å². The second-order valence-corrected chi connectivity index (χ2v) is 6.87. The van der Waals surface area contributed by atoms with E-state index in [1.165, 1.54) is 31.4 Å². The van der Waals surface area contributed by atoms with Gasteiger partial charge in [-0.15, -0.1) is 0 Å². The number of piperidine rings is 1. The molecule has 4 rings (SSSR count). The molecule has 1 aromatic heterocycles. The van der Waals surface area contributed by atoms with Gasteiger partial charge in [0.1, 0.15) is 0 Å². The van der Waals surface area contributed by atoms with Gasteiger partial charge in [0.25, 0.3) is 0 Å². The highest BCUT2D eigenvalue weighted by Crippen LogP contribution is 2.37. The molecule has 2 unspecified atom stereocenters. The zero-order valence-corrected chi connectivity index (χ0v) is 13.3. The van der Waals surface area contributed by atoms with E-state index in [4.69, 9.17) is 5.26 Å². The summed E-state index contributed by atoms with van der Waals surface area (Å²) in [6.07, 6.45) is 8.63. The molecular weight excluding hydrogens is 286 g/mol. The highest BCUT2D eigenvalue weighted by Gasteiger charge is 2.40. The second-order valence-electron chi connectivity index (χ2n) is 6.87. The van der Waals surface area contributed by atoms with Crippen molar-refractivity contribution in [3.63, 3.8) is 0 Å². The summed E-state index contributed by atoms with van der Waals surface area (Å²) in [7, 11) is 0. The average molecular weight is 309 g/mol. The topological polar surface area (TPSA) is 67.7 Å². The zero-order valence-electron chi connectivity index (χ0n) is 13.3. The number of hydrogen-bond donors (Lipinski definition) is 2. The summed E-state index contributed by atoms with van der Waals surface area (Å²) in [5.41, 5.74) is 2.28. The van der Waals surface area contributed by atoms with Gasteiger partial charge in [0, 0.05) is 35.6 Å². The predicted octanol–water partition coefficient (Wildman–Crippen LogP) is 3.27. The quantitative estimate of drug-likeness (QED) is 0.832. The van der Waals surface area contributed by atoms with E-state index in [0.717, 1.165) is 23.9 Å². The maximum absolute atomic E-state index is 8.72. The molecule has 5 heteroatoms. The number of H-pyrrole nitrogens is 1. The lowest BCUT2D eigenvalue weighted by Crippen LogP contribution is -2.47. The third-order valence-electron chi connectivity index (χ3n) is 5.40. The first-order valence-electron chi connectivity index (χ1n) is 8.66. The van der Waals surface area contributed by atoms with Crippen molar-refractivity contribution in [1.29, 1.82) is 5.26 Å². The molecule has 3 heterocycles. The third-order valence-corrected chi connectivity index (χ3v) is 5.40. The van der Waals surface area contributed by atoms with Crippen LogP contribution in [0.4, 0.5) is 5.69 Å². The van der Waals surface area contributed by atoms with Crippen LogP contribution in [0, 0.1) is 11.3 Å². The Hall–Kier alpha value is -2.06. The lowest BCUT2D eigenvalue weighted by molar-refractivity contribution is 0.131. The first-order chi connectivity index (χ1) is 11.3. The van der Waals surface area contributed by atoms with Crippen molar-refractivity contribution < 1.29 is 0 Å². The van der Waals surface area contributed by atoms with Gasteiger partial charge >= 0.3 is 0 Å². The Morgan fingerprint density at radius 1 is 1.30 bits per heavy atom. The third kappa shape index (κ3) is 2.91. The van der Waals surface area contributed by atoms with Crippen molar-refractivity contribution in [3.05, 3.63) is 24.4 Å². The fraction of sp³-hybridized carbons (Fsp3) is 0.556. The number of fused-ring (bicyclic) bond motifs is 3. The van der Waals surface area contributed by atoms with Crippen LogP contribution in [-0.4, -0.2) is 39.8 Å². The van der Waals surface area contributed by atoms with Crippen LogP contribution < -0.4 is 5.32 Å². The summed E-state index contributed by atoms with van der Waals surface area (Å²) in [6, 6.07) is 10.6. The summed E-state index contributed by atoms with van der Waals surface area (Å²) in [4.78, 5) is 2.66. The van der Waals surface area contributed by atoms with Gasteiger partial charge in [0.2, 0.25) is 0 Å². The Bertz CT molecular complexity index is 702. The Morgan fingerprint density at radius 3 is 2.91 bits per heavy atom. The van der Waals surface area contributed by atoms with Crippen LogP contribution in [0.2, 0.25) is 0 Å². The lowest BCUT2D eigenvalue weighted by atomic mass is 9.96. The van der Waals surface area contributed by atoms with Crippen molar-refractivity contribution in [2.24, 2.45) is 0 Å². The van der Waals surface area contributed by atoms with Crippen molar-refractivity contribution in [2.75, 3.05) is 11.9 Å². The van der Waals surface area contributed by atoms with Gasteiger partial charge in [0.05, 0.1) is 17.8 Å². The number of aromatic amines is 1. The number of nitrogens with zero attached hydrogens (tertiary/aromatic N) is 3. The molecule has 2 aliphatic heterocycles. The van der Waals surface area contributed by atoms with E-state index in [9.17, 15) is 0 Å². The van der Waals surface area contributed by atoms with Crippen molar-refractivity contribution in [2.45, 2.75) is 56.7 Å². The van der Waals surface area contributed by atoms with Crippen molar-refractivity contribution >= 4 is 16.6 Å². The van der Waals surface area contributed by atoms with Gasteiger partial charge in [-0.25, -0.2) is 0 Å². The minimum Gasteiger partial charge on any atom is -0.382 e. The number of rotatable bonds is 5. The highest BCUT2D eigenvalue weighted by molar-refractivity contribution is 5.81. The number of anilines is 1. The molecule has 0 saturated carbocycles. The predicted molar refractivity (Wildman–Crippen MR) is 91.1 cm³/mol. The molecule has 2 bridgehead atoms. The maximum atomic E-state index is 8.72. The lowest BCUT2D eigenvalue weighted by Gasteiger charge is -2.39. The highest BCUT2D eigenvalue weighted by atomic mass is 15.2. The Morgan fingerprint density at radius 2 is 2.13 bits per heavy atom. The standard InChI is InChI=1S/C18H23N5/c19-7-1-2-8-23-16-4-5-17(23)11-15(10-16)21-14-3-6-18-13(9-14)12-20-22-18/h3,6,9,12,15-17,21H,1-2,4-5,8,10-11H2,(H,20,22). The van der Waals surface area contributed by atoms with E-state index in [-0.39, 0.29) is 0 Å². The van der Waals surface area contributed by atoms with E-state index >= 15 is 0 Å². The van der Waals surface area contributed by atoms with E-state index in [0.29, 0.717) is 24.5 Å². The van der Waals surface area contributed by atoms with Gasteiger partial charge in [-0.3, -0.25) is 10.00 Å². The first kappa shape index (κ1) is 14.5. The van der Waals surface area contributed by atoms with Crippen LogP contribution in [0.15, 0.2) is 24.4 Å². The molecular formula is C18H23N5. The van der Waals surface area contributed by atoms with Crippen LogP contribution in [0.3, 0.4) is 0 Å². The fourth-order valence-corrected chi connectivity index (χ4v) is 4.37. The normalized spacial score (nSPS) is 27.2. The Balaban J connectivity index is 1.39. The Labute approximate surface area is 136 Å². The van der Waals surface area contributed by atoms with Crippen LogP contribution in [0.5, 0.6) is 0 Å². The number of nitriles is 1. The van der Waals surface area contributed by atoms with Crippen molar-refractivity contribution in [1.82, 2.24) is 15.1 Å². The minimum atomic E-state index is 0.559. The molecule has 0 radical (unpaired) electrons. The number of aromatic nitrogens is 2. The van der Waals surface area contributed by atoms with Crippen LogP contribution >= 0.6 is 0 Å². The number of nitrogens with one attached hydrogen (secondary N) is 2. The van der Waals surface area contributed by atoms with Gasteiger partial charge in [-0.05, 0) is 56.8 Å². The average Bonchev–Trinajstić information content (AvgIpc) is 3.10. The number of benzene rings is 1. The van der Waals surface area contributed by atoms with E-state index in [1.807, 2.05) is 6.20 Å². The summed E-state index contributed by atoms with van der Waals surface area (Å²) >= 11 is 0. The minimum absolute atomic E-state index is 0.559. The number of hydrogen-bond acceptors (Lipinski definition) is 4. The van der Waals surface area contributed by atoms with E-state index in [1.54, 1.807) is 0 Å². The largest absolute Gasteiger partial charge is 0.382 e. The second kappa shape index (κ2) is 6.21. The van der Waals surface area contributed by atoms with Crippen LogP contribution in [0.25, 0.3) is 10.9 Å². The molecule has 2 N–H and O–H groups in total. The Kier molecular flexibility index (Phi) is 3.92. The molecule has 0 amide bonds. The maximum Gasteiger partial charge on any atom is 0.0651 e. The zero-order chi connectivity index (χ0) is 15.6. The molecule has 2 saturated heterocycles. The molecule has 23 heavy (non-hydrogen) atoms. The molecule has 2 atom stereocenters. The monoisotopic (exact) mass is 309 g/mol. The van der Waals surface area contributed by atoms with Gasteiger partial charge in [-0.2, -0.15) is 10.4 Å². The summed E-state index contributed by atoms with van der Waals surface area (Å²) in [5, 5.41) is 20.7. The fourth-order valence-electron chi connectivity index (χ4n) is 4.37. The molecule has 2 aromatic rings. The molecule has 0 aliphatic carbocycles. The summed E-state index contributed by atoms with van der Waals surface area (Å²) in [5.74, 6) is 0. The molecule has 1 aromatic carbocycles. The summed E-state index contributed by atoms with van der Waals surface area (Å²) < 4.78 is 0. The van der Waals surface area contributed by atoms with E-state index in [2.05, 4.69) is 44.7 Å². The molecule has 0 spiro atoms.